The quantitative estimate of drug-likeness (QED) is 0.301. The first kappa shape index (κ1) is 34.3. The molecule has 0 saturated carbocycles. The van der Waals surface area contributed by atoms with E-state index < -0.39 is 33.8 Å². The van der Waals surface area contributed by atoms with Crippen molar-refractivity contribution in [3.05, 3.63) is 76.3 Å². The van der Waals surface area contributed by atoms with Gasteiger partial charge in [-0.25, -0.2) is 22.4 Å². The third-order valence-corrected chi connectivity index (χ3v) is 10.3. The summed E-state index contributed by atoms with van der Waals surface area (Å²) in [6.45, 7) is 0.817. The number of carbonyl (C=O) groups is 2. The number of ether oxygens (including phenoxy) is 4. The summed E-state index contributed by atoms with van der Waals surface area (Å²) >= 11 is 6.63. The minimum Gasteiger partial charge on any atom is -0.497 e. The summed E-state index contributed by atoms with van der Waals surface area (Å²) in [5.41, 5.74) is -0.198. The number of nitrogens with zero attached hydrogens (tertiary/aromatic N) is 4. The van der Waals surface area contributed by atoms with Crippen LogP contribution in [0.4, 0.5) is 10.5 Å². The summed E-state index contributed by atoms with van der Waals surface area (Å²) in [6, 6.07) is 14.4. The average Bonchev–Trinajstić information content (AvgIpc) is 3.59. The first-order chi connectivity index (χ1) is 22.3. The normalized spacial score (nSPS) is 19.6. The highest BCUT2D eigenvalue weighted by Crippen LogP contribution is 2.55. The number of likely N-dealkylation sites (tertiary alicyclic amines) is 1. The molecule has 1 fully saturated rings. The lowest BCUT2D eigenvalue weighted by Gasteiger charge is -2.41. The molecule has 2 aliphatic heterocycles. The molecule has 12 nitrogen and oxygen atoms in total. The Bertz CT molecular complexity index is 1800. The molecule has 1 unspecified atom stereocenters. The molecule has 0 radical (unpaired) electrons. The number of hydrogen-bond donors (Lipinski definition) is 0. The molecule has 0 spiro atoms. The minimum absolute atomic E-state index is 0.00492. The Hall–Kier alpha value is -4.04. The molecule has 0 bridgehead atoms. The van der Waals surface area contributed by atoms with Crippen LogP contribution in [0.3, 0.4) is 0 Å². The fourth-order valence-corrected chi connectivity index (χ4v) is 8.10. The highest BCUT2D eigenvalue weighted by atomic mass is 35.5. The van der Waals surface area contributed by atoms with E-state index in [-0.39, 0.29) is 21.4 Å². The fourth-order valence-electron chi connectivity index (χ4n) is 6.33. The van der Waals surface area contributed by atoms with Crippen LogP contribution in [0.25, 0.3) is 0 Å². The van der Waals surface area contributed by atoms with Crippen molar-refractivity contribution in [2.45, 2.75) is 36.0 Å². The Labute approximate surface area is 280 Å². The number of halogens is 1. The monoisotopic (exact) mass is 686 g/mol. The smallest absolute Gasteiger partial charge is 0.410 e. The number of methoxy groups -OCH3 is 3. The van der Waals surface area contributed by atoms with Crippen LogP contribution in [-0.2, 0) is 31.6 Å². The van der Waals surface area contributed by atoms with E-state index in [0.29, 0.717) is 48.6 Å². The van der Waals surface area contributed by atoms with Gasteiger partial charge in [0.05, 0.1) is 27.0 Å². The molecule has 1 saturated heterocycles. The summed E-state index contributed by atoms with van der Waals surface area (Å²) in [4.78, 5) is 33.2. The van der Waals surface area contributed by atoms with Crippen molar-refractivity contribution in [1.29, 1.82) is 0 Å². The lowest BCUT2D eigenvalue weighted by atomic mass is 9.80. The van der Waals surface area contributed by atoms with Gasteiger partial charge in [0.2, 0.25) is 0 Å². The lowest BCUT2D eigenvalue weighted by Crippen LogP contribution is -2.57. The number of benzene rings is 3. The van der Waals surface area contributed by atoms with Crippen LogP contribution in [0.2, 0.25) is 5.02 Å². The van der Waals surface area contributed by atoms with E-state index in [0.717, 1.165) is 9.87 Å². The van der Waals surface area contributed by atoms with Crippen molar-refractivity contribution in [3.63, 3.8) is 0 Å². The van der Waals surface area contributed by atoms with Gasteiger partial charge in [-0.3, -0.25) is 4.79 Å². The van der Waals surface area contributed by atoms with Crippen molar-refractivity contribution in [1.82, 2.24) is 14.7 Å². The standard InChI is InChI=1S/C33H39ClN4O8S/c1-35(2)20-21-10-14-27(44-6)25(17-21)33(37-16-8-9-30(37)46-32(40)36(3)4)24-18-22(34)11-13-26(24)38(31(33)39)47(41,42)29-15-12-23(43-5)19-28(29)45-7/h10-15,17-19,30H,8-9,16,20H2,1-7H3/t30-,33?/m0/s1. The Balaban J connectivity index is 1.85. The minimum atomic E-state index is -4.62. The molecule has 47 heavy (non-hydrogen) atoms. The zero-order valence-electron chi connectivity index (χ0n) is 27.4. The number of hydrogen-bond acceptors (Lipinski definition) is 10. The van der Waals surface area contributed by atoms with Crippen LogP contribution >= 0.6 is 11.6 Å². The van der Waals surface area contributed by atoms with E-state index in [2.05, 4.69) is 0 Å². The van der Waals surface area contributed by atoms with Crippen molar-refractivity contribution in [2.24, 2.45) is 0 Å². The second-order valence-electron chi connectivity index (χ2n) is 11.8. The first-order valence-electron chi connectivity index (χ1n) is 14.9. The van der Waals surface area contributed by atoms with Crippen molar-refractivity contribution in [2.75, 3.05) is 60.4 Å². The van der Waals surface area contributed by atoms with Gasteiger partial charge in [0, 0.05) is 49.4 Å². The highest BCUT2D eigenvalue weighted by Gasteiger charge is 2.63. The lowest BCUT2D eigenvalue weighted by molar-refractivity contribution is -0.132. The molecule has 2 aliphatic rings. The van der Waals surface area contributed by atoms with Crippen LogP contribution in [0, 0.1) is 0 Å². The van der Waals surface area contributed by atoms with Gasteiger partial charge in [-0.15, -0.1) is 0 Å². The van der Waals surface area contributed by atoms with Gasteiger partial charge in [-0.05, 0) is 75.0 Å². The number of amides is 2. The number of sulfonamides is 1. The van der Waals surface area contributed by atoms with Gasteiger partial charge in [0.1, 0.15) is 22.1 Å². The number of rotatable bonds is 10. The molecular weight excluding hydrogens is 648 g/mol. The predicted molar refractivity (Wildman–Crippen MR) is 177 cm³/mol. The van der Waals surface area contributed by atoms with Crippen LogP contribution in [0.15, 0.2) is 59.5 Å². The number of fused-ring (bicyclic) bond motifs is 1. The average molecular weight is 687 g/mol. The molecular formula is C33H39ClN4O8S. The maximum Gasteiger partial charge on any atom is 0.410 e. The molecule has 2 heterocycles. The second kappa shape index (κ2) is 13.2. The van der Waals surface area contributed by atoms with Crippen molar-refractivity contribution < 1.29 is 37.0 Å². The Morgan fingerprint density at radius 2 is 1.66 bits per heavy atom. The predicted octanol–water partition coefficient (Wildman–Crippen LogP) is 4.53. The largest absolute Gasteiger partial charge is 0.497 e. The van der Waals surface area contributed by atoms with Crippen LogP contribution < -0.4 is 18.5 Å². The molecule has 2 atom stereocenters. The zero-order chi connectivity index (χ0) is 34.3. The molecule has 3 aromatic rings. The molecule has 14 heteroatoms. The van der Waals surface area contributed by atoms with E-state index in [9.17, 15) is 13.2 Å². The SMILES string of the molecule is COc1ccc(S(=O)(=O)N2C(=O)C(c3cc(CN(C)C)ccc3OC)(N3CCC[C@@H]3OC(=O)N(C)C)c3cc(Cl)ccc32)c(OC)c1. The second-order valence-corrected chi connectivity index (χ2v) is 14.0. The maximum absolute atomic E-state index is 15.5. The van der Waals surface area contributed by atoms with Gasteiger partial charge >= 0.3 is 6.09 Å². The summed E-state index contributed by atoms with van der Waals surface area (Å²) in [6.07, 6.45) is -0.520. The Morgan fingerprint density at radius 3 is 2.30 bits per heavy atom. The molecule has 0 aromatic heterocycles. The molecule has 0 aliphatic carbocycles. The zero-order valence-corrected chi connectivity index (χ0v) is 29.0. The maximum atomic E-state index is 15.5. The topological polar surface area (TPSA) is 118 Å². The Morgan fingerprint density at radius 1 is 0.936 bits per heavy atom. The Kier molecular flexibility index (Phi) is 9.65. The fraction of sp³-hybridized carbons (Fsp3) is 0.394. The molecule has 252 valence electrons. The number of carbonyl (C=O) groups excluding carboxylic acids is 2. The van der Waals surface area contributed by atoms with Crippen LogP contribution in [-0.4, -0.2) is 97.4 Å². The molecule has 0 N–H and O–H groups in total. The molecule has 2 amide bonds. The summed E-state index contributed by atoms with van der Waals surface area (Å²) in [7, 11) is 6.63. The van der Waals surface area contributed by atoms with Gasteiger partial charge in [-0.1, -0.05) is 17.7 Å². The third-order valence-electron chi connectivity index (χ3n) is 8.33. The van der Waals surface area contributed by atoms with Crippen molar-refractivity contribution >= 4 is 39.3 Å². The summed E-state index contributed by atoms with van der Waals surface area (Å²) < 4.78 is 52.8. The molecule has 3 aromatic carbocycles. The molecule has 5 rings (SSSR count). The van der Waals surface area contributed by atoms with E-state index in [1.165, 1.54) is 56.6 Å². The van der Waals surface area contributed by atoms with Gasteiger partial charge < -0.3 is 28.7 Å². The van der Waals surface area contributed by atoms with Gasteiger partial charge in [-0.2, -0.15) is 0 Å². The third kappa shape index (κ3) is 5.86. The summed E-state index contributed by atoms with van der Waals surface area (Å²) in [5.74, 6) is -0.0896. The first-order valence-corrected chi connectivity index (χ1v) is 16.7. The van der Waals surface area contributed by atoms with Crippen LogP contribution in [0.1, 0.15) is 29.5 Å². The van der Waals surface area contributed by atoms with Gasteiger partial charge in [0.25, 0.3) is 15.9 Å². The highest BCUT2D eigenvalue weighted by molar-refractivity contribution is 7.93. The van der Waals surface area contributed by atoms with Crippen LogP contribution in [0.5, 0.6) is 17.2 Å². The van der Waals surface area contributed by atoms with E-state index in [1.54, 1.807) is 31.1 Å². The van der Waals surface area contributed by atoms with E-state index in [1.807, 2.05) is 31.1 Å². The number of anilines is 1. The van der Waals surface area contributed by atoms with Crippen molar-refractivity contribution in [3.8, 4) is 17.2 Å². The van der Waals surface area contributed by atoms with E-state index >= 15 is 4.79 Å². The summed E-state index contributed by atoms with van der Waals surface area (Å²) in [5, 5.41) is 0.284. The van der Waals surface area contributed by atoms with E-state index in [4.69, 9.17) is 30.5 Å². The van der Waals surface area contributed by atoms with Gasteiger partial charge in [0.15, 0.2) is 11.8 Å².